The Morgan fingerprint density at radius 3 is 2.35 bits per heavy atom. The van der Waals surface area contributed by atoms with Crippen molar-refractivity contribution < 1.29 is 4.74 Å². The number of likely N-dealkylation sites (tertiary alicyclic amines) is 2. The van der Waals surface area contributed by atoms with Crippen molar-refractivity contribution in [3.05, 3.63) is 35.4 Å². The van der Waals surface area contributed by atoms with Gasteiger partial charge in [-0.1, -0.05) is 29.8 Å². The average molecular weight is 430 g/mol. The minimum absolute atomic E-state index is 0.529. The monoisotopic (exact) mass is 429 g/mol. The lowest BCUT2D eigenvalue weighted by atomic mass is 9.96. The maximum absolute atomic E-state index is 5.17. The molecule has 3 rings (SSSR count). The van der Waals surface area contributed by atoms with Crippen LogP contribution in [0, 0.1) is 12.8 Å². The van der Waals surface area contributed by atoms with Gasteiger partial charge in [0.1, 0.15) is 0 Å². The van der Waals surface area contributed by atoms with Crippen LogP contribution in [-0.4, -0.2) is 81.8 Å². The molecule has 174 valence electrons. The number of ether oxygens (including phenoxy) is 1. The van der Waals surface area contributed by atoms with Crippen LogP contribution >= 0.6 is 0 Å². The lowest BCUT2D eigenvalue weighted by molar-refractivity contribution is 0.155. The Labute approximate surface area is 189 Å². The van der Waals surface area contributed by atoms with Gasteiger partial charge in [-0.25, -0.2) is 0 Å². The zero-order chi connectivity index (χ0) is 21.9. The summed E-state index contributed by atoms with van der Waals surface area (Å²) in [7, 11) is 3.67. The van der Waals surface area contributed by atoms with E-state index in [1.165, 1.54) is 49.9 Å². The molecular formula is C25H43N5O. The fourth-order valence-corrected chi connectivity index (χ4v) is 4.66. The van der Waals surface area contributed by atoms with Crippen LogP contribution in [-0.2, 0) is 11.3 Å². The third-order valence-corrected chi connectivity index (χ3v) is 6.77. The lowest BCUT2D eigenvalue weighted by Crippen LogP contribution is -2.50. The first-order valence-corrected chi connectivity index (χ1v) is 12.1. The Kier molecular flexibility index (Phi) is 10.1. The van der Waals surface area contributed by atoms with Gasteiger partial charge in [0.2, 0.25) is 0 Å². The molecule has 0 unspecified atom stereocenters. The van der Waals surface area contributed by atoms with Crippen LogP contribution < -0.4 is 10.6 Å². The Bertz CT molecular complexity index is 646. The van der Waals surface area contributed by atoms with Crippen LogP contribution in [0.4, 0.5) is 0 Å². The summed E-state index contributed by atoms with van der Waals surface area (Å²) in [6, 6.07) is 9.50. The molecule has 0 aliphatic carbocycles. The van der Waals surface area contributed by atoms with Crippen molar-refractivity contribution in [3.63, 3.8) is 0 Å². The molecule has 2 heterocycles. The Balaban J connectivity index is 1.30. The second kappa shape index (κ2) is 13.0. The number of guanidine groups is 1. The van der Waals surface area contributed by atoms with Crippen LogP contribution in [0.15, 0.2) is 29.3 Å². The zero-order valence-electron chi connectivity index (χ0n) is 19.9. The molecule has 2 aliphatic heterocycles. The summed E-state index contributed by atoms with van der Waals surface area (Å²) >= 11 is 0. The first kappa shape index (κ1) is 24.0. The van der Waals surface area contributed by atoms with Crippen molar-refractivity contribution in [1.82, 2.24) is 20.4 Å². The molecule has 31 heavy (non-hydrogen) atoms. The molecule has 6 nitrogen and oxygen atoms in total. The zero-order valence-corrected chi connectivity index (χ0v) is 19.9. The number of methoxy groups -OCH3 is 1. The number of hydrogen-bond acceptors (Lipinski definition) is 4. The first-order chi connectivity index (χ1) is 15.2. The van der Waals surface area contributed by atoms with Crippen molar-refractivity contribution in [2.45, 2.75) is 51.6 Å². The highest BCUT2D eigenvalue weighted by molar-refractivity contribution is 5.79. The number of nitrogens with one attached hydrogen (secondary N) is 2. The molecule has 2 N–H and O–H groups in total. The minimum Gasteiger partial charge on any atom is -0.385 e. The van der Waals surface area contributed by atoms with E-state index < -0.39 is 0 Å². The van der Waals surface area contributed by atoms with E-state index in [1.54, 1.807) is 7.11 Å². The molecule has 0 bridgehead atoms. The standard InChI is InChI=1S/C25H43N5O/c1-21-5-7-23(8-6-21)20-30-14-9-22(10-15-30)19-27-25(26-2)28-24-11-16-29(17-12-24)13-4-18-31-3/h5-8,22,24H,4,9-20H2,1-3H3,(H2,26,27,28). The molecule has 0 spiro atoms. The predicted octanol–water partition coefficient (Wildman–Crippen LogP) is 2.87. The summed E-state index contributed by atoms with van der Waals surface area (Å²) in [5.74, 6) is 1.70. The van der Waals surface area contributed by atoms with Gasteiger partial charge < -0.3 is 20.3 Å². The van der Waals surface area contributed by atoms with E-state index in [1.807, 2.05) is 7.05 Å². The Morgan fingerprint density at radius 2 is 1.71 bits per heavy atom. The molecule has 6 heteroatoms. The summed E-state index contributed by atoms with van der Waals surface area (Å²) in [5, 5.41) is 7.26. The number of nitrogens with zero attached hydrogens (tertiary/aromatic N) is 3. The van der Waals surface area contributed by atoms with Gasteiger partial charge in [-0.15, -0.1) is 0 Å². The van der Waals surface area contributed by atoms with Crippen LogP contribution in [0.1, 0.15) is 43.2 Å². The quantitative estimate of drug-likeness (QED) is 0.359. The highest BCUT2D eigenvalue weighted by atomic mass is 16.5. The van der Waals surface area contributed by atoms with Gasteiger partial charge in [-0.2, -0.15) is 0 Å². The highest BCUT2D eigenvalue weighted by Gasteiger charge is 2.22. The van der Waals surface area contributed by atoms with E-state index in [4.69, 9.17) is 4.74 Å². The van der Waals surface area contributed by atoms with Gasteiger partial charge in [0.15, 0.2) is 5.96 Å². The van der Waals surface area contributed by atoms with Gasteiger partial charge in [0.05, 0.1) is 0 Å². The second-order valence-corrected chi connectivity index (χ2v) is 9.26. The van der Waals surface area contributed by atoms with E-state index in [2.05, 4.69) is 56.6 Å². The maximum atomic E-state index is 5.17. The molecule has 2 saturated heterocycles. The molecule has 0 atom stereocenters. The molecule has 1 aromatic rings. The van der Waals surface area contributed by atoms with E-state index in [-0.39, 0.29) is 0 Å². The normalized spacial score (nSPS) is 20.2. The summed E-state index contributed by atoms with van der Waals surface area (Å²) in [6.07, 6.45) is 6.02. The van der Waals surface area contributed by atoms with Gasteiger partial charge in [-0.05, 0) is 63.6 Å². The van der Waals surface area contributed by atoms with Gasteiger partial charge in [-0.3, -0.25) is 9.89 Å². The third-order valence-electron chi connectivity index (χ3n) is 6.77. The van der Waals surface area contributed by atoms with Crippen molar-refractivity contribution in [1.29, 1.82) is 0 Å². The van der Waals surface area contributed by atoms with Gasteiger partial charge >= 0.3 is 0 Å². The molecule has 2 fully saturated rings. The predicted molar refractivity (Wildman–Crippen MR) is 130 cm³/mol. The van der Waals surface area contributed by atoms with Gasteiger partial charge in [0, 0.05) is 59.5 Å². The SMILES string of the molecule is CN=C(NCC1CCN(Cc2ccc(C)cc2)CC1)NC1CCN(CCCOC)CC1. The maximum Gasteiger partial charge on any atom is 0.191 e. The lowest BCUT2D eigenvalue weighted by Gasteiger charge is -2.34. The molecule has 0 amide bonds. The summed E-state index contributed by atoms with van der Waals surface area (Å²) in [6.45, 7) is 11.0. The van der Waals surface area contributed by atoms with E-state index in [0.717, 1.165) is 57.6 Å². The molecule has 0 aromatic heterocycles. The number of benzene rings is 1. The van der Waals surface area contributed by atoms with Crippen molar-refractivity contribution in [2.24, 2.45) is 10.9 Å². The van der Waals surface area contributed by atoms with Crippen LogP contribution in [0.5, 0.6) is 0 Å². The molecule has 2 aliphatic rings. The van der Waals surface area contributed by atoms with Crippen molar-refractivity contribution in [3.8, 4) is 0 Å². The van der Waals surface area contributed by atoms with E-state index in [0.29, 0.717) is 6.04 Å². The van der Waals surface area contributed by atoms with Crippen LogP contribution in [0.25, 0.3) is 0 Å². The number of hydrogen-bond donors (Lipinski definition) is 2. The molecule has 1 aromatic carbocycles. The van der Waals surface area contributed by atoms with Crippen LogP contribution in [0.3, 0.4) is 0 Å². The third kappa shape index (κ3) is 8.43. The smallest absolute Gasteiger partial charge is 0.191 e. The second-order valence-electron chi connectivity index (χ2n) is 9.26. The van der Waals surface area contributed by atoms with Crippen LogP contribution in [0.2, 0.25) is 0 Å². The minimum atomic E-state index is 0.529. The Morgan fingerprint density at radius 1 is 1.03 bits per heavy atom. The molecule has 0 saturated carbocycles. The molecule has 0 radical (unpaired) electrons. The largest absolute Gasteiger partial charge is 0.385 e. The van der Waals surface area contributed by atoms with Crippen molar-refractivity contribution >= 4 is 5.96 Å². The number of aryl methyl sites for hydroxylation is 1. The summed E-state index contributed by atoms with van der Waals surface area (Å²) in [5.41, 5.74) is 2.76. The van der Waals surface area contributed by atoms with Gasteiger partial charge in [0.25, 0.3) is 0 Å². The number of piperidine rings is 2. The first-order valence-electron chi connectivity index (χ1n) is 12.1. The number of aliphatic imine (C=N–C) groups is 1. The summed E-state index contributed by atoms with van der Waals surface area (Å²) < 4.78 is 5.17. The molecular weight excluding hydrogens is 386 g/mol. The fraction of sp³-hybridized carbons (Fsp3) is 0.720. The number of rotatable bonds is 9. The average Bonchev–Trinajstić information content (AvgIpc) is 2.80. The van der Waals surface area contributed by atoms with E-state index in [9.17, 15) is 0 Å². The van der Waals surface area contributed by atoms with E-state index >= 15 is 0 Å². The Hall–Kier alpha value is -1.63. The highest BCUT2D eigenvalue weighted by Crippen LogP contribution is 2.19. The fourth-order valence-electron chi connectivity index (χ4n) is 4.66. The topological polar surface area (TPSA) is 52.1 Å². The summed E-state index contributed by atoms with van der Waals surface area (Å²) in [4.78, 5) is 9.62. The van der Waals surface area contributed by atoms with Crippen molar-refractivity contribution in [2.75, 3.05) is 60.0 Å².